The number of hydrogen-bond donors (Lipinski definition) is 4. The molecule has 5 N–H and O–H groups in total. The number of aliphatic hydroxyl groups excluding tert-OH is 2. The summed E-state index contributed by atoms with van der Waals surface area (Å²) in [6.07, 6.45) is -0.970. The summed E-state index contributed by atoms with van der Waals surface area (Å²) in [5.74, 6) is 5.39. The number of anilines is 1. The molecule has 0 spiro atoms. The molecule has 37 heavy (non-hydrogen) atoms. The van der Waals surface area contributed by atoms with E-state index < -0.39 is 30.4 Å². The molecule has 12 nitrogen and oxygen atoms in total. The second-order valence-electron chi connectivity index (χ2n) is 8.98. The average Bonchev–Trinajstić information content (AvgIpc) is 3.43. The number of nitrogens with one attached hydrogen (secondary N) is 1. The predicted molar refractivity (Wildman–Crippen MR) is 132 cm³/mol. The molecule has 2 aromatic heterocycles. The van der Waals surface area contributed by atoms with Crippen LogP contribution in [0.3, 0.4) is 0 Å². The van der Waals surface area contributed by atoms with Gasteiger partial charge in [-0.3, -0.25) is 14.2 Å². The molecule has 2 aliphatic rings. The summed E-state index contributed by atoms with van der Waals surface area (Å²) in [4.78, 5) is 39.7. The Morgan fingerprint density at radius 3 is 2.65 bits per heavy atom. The Bertz CT molecular complexity index is 1380. The van der Waals surface area contributed by atoms with Gasteiger partial charge in [-0.15, -0.1) is 0 Å². The van der Waals surface area contributed by atoms with E-state index >= 15 is 0 Å². The molecule has 2 amide bonds. The van der Waals surface area contributed by atoms with Gasteiger partial charge in [0.2, 0.25) is 5.82 Å². The Balaban J connectivity index is 1.40. The van der Waals surface area contributed by atoms with Gasteiger partial charge in [0.05, 0.1) is 12.9 Å². The summed E-state index contributed by atoms with van der Waals surface area (Å²) in [5, 5.41) is 23.2. The van der Waals surface area contributed by atoms with Crippen molar-refractivity contribution in [1.29, 1.82) is 0 Å². The van der Waals surface area contributed by atoms with Crippen molar-refractivity contribution in [2.24, 2.45) is 0 Å². The molecule has 1 aliphatic carbocycles. The lowest BCUT2D eigenvalue weighted by Crippen LogP contribution is -2.44. The smallest absolute Gasteiger partial charge is 0.254 e. The van der Waals surface area contributed by atoms with Gasteiger partial charge in [-0.05, 0) is 37.3 Å². The van der Waals surface area contributed by atoms with Gasteiger partial charge in [0, 0.05) is 18.7 Å². The standard InChI is InChI=1S/C25H27N7O5/c1-27-23(35)20-18(33)19(34)25(37-20)32-13-28-17-21(26)29-16(30-22(17)32)11-6-12-31(15-9-5-10-15)24(36)14-7-3-2-4-8-14/h2-4,7-8,13,15,18-20,25,33-34H,5,9-10,12H2,1H3,(H,27,35)(H2,26,29,30). The van der Waals surface area contributed by atoms with Gasteiger partial charge in [0.1, 0.15) is 17.7 Å². The number of carbonyl (C=O) groups excluding carboxylic acids is 2. The maximum atomic E-state index is 13.1. The molecule has 2 fully saturated rings. The molecule has 3 aromatic rings. The first-order valence-corrected chi connectivity index (χ1v) is 12.0. The van der Waals surface area contributed by atoms with Crippen LogP contribution in [-0.2, 0) is 9.53 Å². The summed E-state index contributed by atoms with van der Waals surface area (Å²) in [6.45, 7) is 0.198. The molecule has 0 radical (unpaired) electrons. The fraction of sp³-hybridized carbons (Fsp3) is 0.400. The first-order valence-electron chi connectivity index (χ1n) is 12.0. The zero-order valence-electron chi connectivity index (χ0n) is 20.1. The quantitative estimate of drug-likeness (QED) is 0.344. The number of amides is 2. The van der Waals surface area contributed by atoms with Crippen LogP contribution in [0, 0.1) is 11.8 Å². The van der Waals surface area contributed by atoms with Crippen LogP contribution in [-0.4, -0.2) is 84.4 Å². The topological polar surface area (TPSA) is 169 Å². The lowest BCUT2D eigenvalue weighted by atomic mass is 9.91. The number of carbonyl (C=O) groups is 2. The third-order valence-corrected chi connectivity index (χ3v) is 6.71. The SMILES string of the molecule is CNC(=O)C1OC(n2cnc3c(N)nc(C#CCN(C(=O)c4ccccc4)C4CCC4)nc32)C(O)C1O. The zero-order valence-corrected chi connectivity index (χ0v) is 20.1. The van der Waals surface area contributed by atoms with Crippen molar-refractivity contribution in [2.45, 2.75) is 49.8 Å². The van der Waals surface area contributed by atoms with Gasteiger partial charge in [0.25, 0.3) is 11.8 Å². The Hall–Kier alpha value is -4.05. The minimum absolute atomic E-state index is 0.0696. The second kappa shape index (κ2) is 10.1. The number of nitrogens with two attached hydrogens (primary N) is 1. The second-order valence-corrected chi connectivity index (χ2v) is 8.98. The van der Waals surface area contributed by atoms with Crippen LogP contribution in [0.2, 0.25) is 0 Å². The molecule has 1 saturated heterocycles. The summed E-state index contributed by atoms with van der Waals surface area (Å²) in [6, 6.07) is 9.22. The molecular weight excluding hydrogens is 478 g/mol. The first-order chi connectivity index (χ1) is 17.9. The molecule has 0 bridgehead atoms. The number of hydrogen-bond acceptors (Lipinski definition) is 9. The number of ether oxygens (including phenoxy) is 1. The third kappa shape index (κ3) is 4.60. The van der Waals surface area contributed by atoms with E-state index in [0.29, 0.717) is 5.56 Å². The lowest BCUT2D eigenvalue weighted by molar-refractivity contribution is -0.137. The highest BCUT2D eigenvalue weighted by Gasteiger charge is 2.47. The van der Waals surface area contributed by atoms with E-state index in [2.05, 4.69) is 32.1 Å². The number of fused-ring (bicyclic) bond motifs is 1. The fourth-order valence-electron chi connectivity index (χ4n) is 4.44. The molecule has 4 atom stereocenters. The van der Waals surface area contributed by atoms with Crippen LogP contribution >= 0.6 is 0 Å². The minimum Gasteiger partial charge on any atom is -0.387 e. The highest BCUT2D eigenvalue weighted by atomic mass is 16.6. The van der Waals surface area contributed by atoms with E-state index in [1.165, 1.54) is 17.9 Å². The minimum atomic E-state index is -1.44. The average molecular weight is 506 g/mol. The lowest BCUT2D eigenvalue weighted by Gasteiger charge is -2.36. The van der Waals surface area contributed by atoms with Crippen LogP contribution in [0.1, 0.15) is 41.7 Å². The van der Waals surface area contributed by atoms with Gasteiger partial charge in [-0.25, -0.2) is 15.0 Å². The number of imidazole rings is 1. The maximum absolute atomic E-state index is 13.1. The third-order valence-electron chi connectivity index (χ3n) is 6.71. The van der Waals surface area contributed by atoms with Gasteiger partial charge < -0.3 is 30.9 Å². The highest BCUT2D eigenvalue weighted by Crippen LogP contribution is 2.32. The summed E-state index contributed by atoms with van der Waals surface area (Å²) >= 11 is 0. The van der Waals surface area contributed by atoms with Gasteiger partial charge in [0.15, 0.2) is 23.8 Å². The molecular formula is C25H27N7O5. The van der Waals surface area contributed by atoms with Crippen LogP contribution in [0.4, 0.5) is 5.82 Å². The molecule has 1 saturated carbocycles. The number of aromatic nitrogens is 4. The van der Waals surface area contributed by atoms with E-state index in [-0.39, 0.29) is 41.3 Å². The van der Waals surface area contributed by atoms with Crippen LogP contribution in [0.25, 0.3) is 11.2 Å². The van der Waals surface area contributed by atoms with E-state index in [1.54, 1.807) is 17.0 Å². The summed E-state index contributed by atoms with van der Waals surface area (Å²) in [5.41, 5.74) is 7.18. The van der Waals surface area contributed by atoms with Crippen molar-refractivity contribution in [3.05, 3.63) is 48.0 Å². The van der Waals surface area contributed by atoms with Crippen molar-refractivity contribution in [1.82, 2.24) is 29.7 Å². The molecule has 5 rings (SSSR count). The fourth-order valence-corrected chi connectivity index (χ4v) is 4.44. The highest BCUT2D eigenvalue weighted by molar-refractivity contribution is 5.94. The molecule has 192 valence electrons. The Morgan fingerprint density at radius 1 is 1.22 bits per heavy atom. The summed E-state index contributed by atoms with van der Waals surface area (Å²) < 4.78 is 7.01. The zero-order chi connectivity index (χ0) is 26.1. The molecule has 1 aliphatic heterocycles. The predicted octanol–water partition coefficient (Wildman–Crippen LogP) is -0.180. The van der Waals surface area contributed by atoms with E-state index in [1.807, 2.05) is 18.2 Å². The van der Waals surface area contributed by atoms with Crippen molar-refractivity contribution >= 4 is 28.8 Å². The van der Waals surface area contributed by atoms with Crippen LogP contribution in [0.15, 0.2) is 36.7 Å². The molecule has 4 unspecified atom stereocenters. The van der Waals surface area contributed by atoms with Crippen molar-refractivity contribution < 1.29 is 24.5 Å². The first kappa shape index (κ1) is 24.6. The normalized spacial score (nSPS) is 23.2. The maximum Gasteiger partial charge on any atom is 0.254 e. The van der Waals surface area contributed by atoms with Crippen LogP contribution in [0.5, 0.6) is 0 Å². The van der Waals surface area contributed by atoms with Crippen molar-refractivity contribution in [3.63, 3.8) is 0 Å². The Kier molecular flexibility index (Phi) is 6.75. The number of nitrogens with zero attached hydrogens (tertiary/aromatic N) is 5. The van der Waals surface area contributed by atoms with Gasteiger partial charge in [-0.2, -0.15) is 0 Å². The number of nitrogen functional groups attached to an aromatic ring is 1. The van der Waals surface area contributed by atoms with Crippen molar-refractivity contribution in [2.75, 3.05) is 19.3 Å². The van der Waals surface area contributed by atoms with E-state index in [0.717, 1.165) is 19.3 Å². The Labute approximate surface area is 212 Å². The van der Waals surface area contributed by atoms with E-state index in [4.69, 9.17) is 10.5 Å². The van der Waals surface area contributed by atoms with E-state index in [9.17, 15) is 19.8 Å². The molecule has 3 heterocycles. The van der Waals surface area contributed by atoms with Crippen LogP contribution < -0.4 is 11.1 Å². The van der Waals surface area contributed by atoms with Crippen molar-refractivity contribution in [3.8, 4) is 11.8 Å². The number of benzene rings is 1. The van der Waals surface area contributed by atoms with Gasteiger partial charge >= 0.3 is 0 Å². The molecule has 1 aromatic carbocycles. The molecule has 12 heteroatoms. The number of rotatable bonds is 5. The largest absolute Gasteiger partial charge is 0.387 e. The van der Waals surface area contributed by atoms with Gasteiger partial charge in [-0.1, -0.05) is 24.1 Å². The monoisotopic (exact) mass is 505 g/mol. The summed E-state index contributed by atoms with van der Waals surface area (Å²) in [7, 11) is 1.41. The Morgan fingerprint density at radius 2 is 1.97 bits per heavy atom. The number of aliphatic hydroxyl groups is 2. The number of likely N-dealkylation sites (N-methyl/N-ethyl adjacent to an activating group) is 1.